The van der Waals surface area contributed by atoms with Gasteiger partial charge in [-0.2, -0.15) is 15.2 Å². The molecule has 10 nitrogen and oxygen atoms in total. The van der Waals surface area contributed by atoms with Crippen molar-refractivity contribution in [2.24, 2.45) is 0 Å². The Balaban J connectivity index is 1.31. The Morgan fingerprint density at radius 2 is 1.95 bits per heavy atom. The zero-order valence-corrected chi connectivity index (χ0v) is 24.1. The third-order valence-corrected chi connectivity index (χ3v) is 9.22. The van der Waals surface area contributed by atoms with Crippen LogP contribution in [0.1, 0.15) is 54.6 Å². The van der Waals surface area contributed by atoms with E-state index in [0.29, 0.717) is 44.8 Å². The highest BCUT2D eigenvalue weighted by atomic mass is 16.5. The maximum atomic E-state index is 12.5. The van der Waals surface area contributed by atoms with Crippen LogP contribution in [0.5, 0.6) is 6.01 Å². The molecule has 10 heteroatoms. The number of hydrogen-bond donors (Lipinski definition) is 0. The van der Waals surface area contributed by atoms with Crippen LogP contribution in [0.2, 0.25) is 0 Å². The number of hydrogen-bond acceptors (Lipinski definition) is 9. The van der Waals surface area contributed by atoms with E-state index in [2.05, 4.69) is 45.4 Å². The van der Waals surface area contributed by atoms with Gasteiger partial charge in [0.25, 0.3) is 0 Å². The minimum atomic E-state index is -0.218. The van der Waals surface area contributed by atoms with Crippen molar-refractivity contribution in [1.82, 2.24) is 24.8 Å². The molecule has 0 saturated carbocycles. The standard InChI is InChI=1S/C31H40N8O2/c1-3-29(40)39-18-17-38(19-22(39)10-13-32)30-25-12-16-37(28-11-14-33-26-9-5-4-8-24(26)28)20-27(25)34-31(35-30)41-21-23-7-6-15-36(23)2/h3,11,14,22-23H,1,4-10,12,15-21H2,2H3/t22-,23-/m0/s1. The summed E-state index contributed by atoms with van der Waals surface area (Å²) in [6.07, 6.45) is 11.2. The third-order valence-electron chi connectivity index (χ3n) is 9.22. The predicted molar refractivity (Wildman–Crippen MR) is 157 cm³/mol. The number of anilines is 2. The van der Waals surface area contributed by atoms with Gasteiger partial charge in [0, 0.05) is 55.4 Å². The van der Waals surface area contributed by atoms with Gasteiger partial charge in [0.1, 0.15) is 12.4 Å². The molecular formula is C31H40N8O2. The maximum Gasteiger partial charge on any atom is 0.318 e. The number of likely N-dealkylation sites (tertiary alicyclic amines) is 1. The van der Waals surface area contributed by atoms with Gasteiger partial charge < -0.3 is 24.3 Å². The normalized spacial score (nSPS) is 22.6. The predicted octanol–water partition coefficient (Wildman–Crippen LogP) is 2.90. The minimum absolute atomic E-state index is 0.129. The molecule has 2 aromatic heterocycles. The van der Waals surface area contributed by atoms with E-state index in [9.17, 15) is 10.1 Å². The van der Waals surface area contributed by atoms with Crippen LogP contribution in [0.15, 0.2) is 24.9 Å². The summed E-state index contributed by atoms with van der Waals surface area (Å²) in [5, 5.41) is 9.51. The number of likely N-dealkylation sites (N-methyl/N-ethyl adjacent to an activating group) is 1. The molecule has 5 heterocycles. The molecule has 0 aromatic carbocycles. The molecule has 1 amide bonds. The molecule has 4 aliphatic rings. The summed E-state index contributed by atoms with van der Waals surface area (Å²) in [6, 6.07) is 4.99. The number of rotatable bonds is 7. The number of pyridine rings is 1. The Bertz CT molecular complexity index is 1340. The fourth-order valence-corrected chi connectivity index (χ4v) is 6.92. The Kier molecular flexibility index (Phi) is 8.06. The van der Waals surface area contributed by atoms with Gasteiger partial charge in [0.2, 0.25) is 5.91 Å². The van der Waals surface area contributed by atoms with Gasteiger partial charge in [-0.1, -0.05) is 6.58 Å². The molecule has 0 radical (unpaired) electrons. The SMILES string of the molecule is C=CC(=O)N1CCN(c2nc(OC[C@@H]3CCCN3C)nc3c2CCN(c2ccnc4c2CCCC4)C3)C[C@@H]1CC#N. The summed E-state index contributed by atoms with van der Waals surface area (Å²) in [5.41, 5.74) is 6.05. The minimum Gasteiger partial charge on any atom is -0.462 e. The van der Waals surface area contributed by atoms with Crippen LogP contribution in [0.4, 0.5) is 11.5 Å². The molecule has 0 N–H and O–H groups in total. The van der Waals surface area contributed by atoms with Crippen LogP contribution < -0.4 is 14.5 Å². The van der Waals surface area contributed by atoms with E-state index in [1.54, 1.807) is 4.90 Å². The molecule has 0 spiro atoms. The first-order valence-electron chi connectivity index (χ1n) is 15.0. The lowest BCUT2D eigenvalue weighted by atomic mass is 9.93. The van der Waals surface area contributed by atoms with E-state index in [4.69, 9.17) is 14.7 Å². The molecule has 2 atom stereocenters. The van der Waals surface area contributed by atoms with Gasteiger partial charge in [0.15, 0.2) is 0 Å². The molecule has 41 heavy (non-hydrogen) atoms. The molecule has 0 bridgehead atoms. The van der Waals surface area contributed by atoms with E-state index in [0.717, 1.165) is 55.8 Å². The summed E-state index contributed by atoms with van der Waals surface area (Å²) >= 11 is 0. The van der Waals surface area contributed by atoms with Crippen molar-refractivity contribution in [3.63, 3.8) is 0 Å². The summed E-state index contributed by atoms with van der Waals surface area (Å²) in [5.74, 6) is 0.755. The number of fused-ring (bicyclic) bond motifs is 2. The molecule has 2 aromatic rings. The highest BCUT2D eigenvalue weighted by molar-refractivity contribution is 5.87. The number of nitriles is 1. The lowest BCUT2D eigenvalue weighted by Gasteiger charge is -2.42. The van der Waals surface area contributed by atoms with Crippen molar-refractivity contribution >= 4 is 17.4 Å². The van der Waals surface area contributed by atoms with Gasteiger partial charge in [-0.05, 0) is 76.2 Å². The fraction of sp³-hybridized carbons (Fsp3) is 0.581. The number of aromatic nitrogens is 3. The zero-order chi connectivity index (χ0) is 28.3. The van der Waals surface area contributed by atoms with E-state index in [1.165, 1.54) is 42.3 Å². The number of piperazine rings is 1. The lowest BCUT2D eigenvalue weighted by Crippen LogP contribution is -2.55. The average Bonchev–Trinajstić information content (AvgIpc) is 3.43. The highest BCUT2D eigenvalue weighted by Crippen LogP contribution is 2.35. The first kappa shape index (κ1) is 27.5. The second kappa shape index (κ2) is 12.0. The van der Waals surface area contributed by atoms with Gasteiger partial charge >= 0.3 is 6.01 Å². The first-order valence-corrected chi connectivity index (χ1v) is 15.0. The smallest absolute Gasteiger partial charge is 0.318 e. The molecule has 2 fully saturated rings. The second-order valence-corrected chi connectivity index (χ2v) is 11.7. The number of carbonyl (C=O) groups excluding carboxylic acids is 1. The van der Waals surface area contributed by atoms with Crippen LogP contribution in [0.25, 0.3) is 0 Å². The van der Waals surface area contributed by atoms with Crippen molar-refractivity contribution < 1.29 is 9.53 Å². The van der Waals surface area contributed by atoms with Crippen molar-refractivity contribution in [1.29, 1.82) is 5.26 Å². The molecular weight excluding hydrogens is 516 g/mol. The summed E-state index contributed by atoms with van der Waals surface area (Å²) in [4.78, 5) is 36.0. The van der Waals surface area contributed by atoms with Gasteiger partial charge in [0.05, 0.1) is 30.8 Å². The van der Waals surface area contributed by atoms with Gasteiger partial charge in [-0.3, -0.25) is 9.78 Å². The van der Waals surface area contributed by atoms with Crippen LogP contribution in [0, 0.1) is 11.3 Å². The topological polar surface area (TPSA) is 102 Å². The molecule has 2 saturated heterocycles. The summed E-state index contributed by atoms with van der Waals surface area (Å²) in [6.45, 7) is 8.58. The summed E-state index contributed by atoms with van der Waals surface area (Å²) < 4.78 is 6.29. The zero-order valence-electron chi connectivity index (χ0n) is 24.1. The number of aryl methyl sites for hydroxylation is 1. The fourth-order valence-electron chi connectivity index (χ4n) is 6.92. The molecule has 6 rings (SSSR count). The average molecular weight is 557 g/mol. The molecule has 0 unspecified atom stereocenters. The van der Waals surface area contributed by atoms with Crippen LogP contribution in [0.3, 0.4) is 0 Å². The number of carbonyl (C=O) groups is 1. The second-order valence-electron chi connectivity index (χ2n) is 11.7. The van der Waals surface area contributed by atoms with Gasteiger partial charge in [-0.15, -0.1) is 0 Å². The van der Waals surface area contributed by atoms with Gasteiger partial charge in [-0.25, -0.2) is 0 Å². The van der Waals surface area contributed by atoms with Crippen LogP contribution >= 0.6 is 0 Å². The molecule has 1 aliphatic carbocycles. The van der Waals surface area contributed by atoms with Crippen LogP contribution in [-0.4, -0.2) is 89.1 Å². The Morgan fingerprint density at radius 3 is 2.76 bits per heavy atom. The summed E-state index contributed by atoms with van der Waals surface area (Å²) in [7, 11) is 2.15. The monoisotopic (exact) mass is 556 g/mol. The number of amides is 1. The van der Waals surface area contributed by atoms with Crippen molar-refractivity contribution in [2.45, 2.75) is 70.0 Å². The quantitative estimate of drug-likeness (QED) is 0.477. The third kappa shape index (κ3) is 5.60. The van der Waals surface area contributed by atoms with Crippen molar-refractivity contribution in [3.05, 3.63) is 47.4 Å². The van der Waals surface area contributed by atoms with E-state index in [-0.39, 0.29) is 18.4 Å². The lowest BCUT2D eigenvalue weighted by molar-refractivity contribution is -0.128. The number of ether oxygens (including phenoxy) is 1. The number of nitrogens with zero attached hydrogens (tertiary/aromatic N) is 8. The maximum absolute atomic E-state index is 12.5. The highest BCUT2D eigenvalue weighted by Gasteiger charge is 2.34. The van der Waals surface area contributed by atoms with E-state index in [1.807, 2.05) is 6.20 Å². The molecule has 216 valence electrons. The van der Waals surface area contributed by atoms with E-state index < -0.39 is 0 Å². The first-order chi connectivity index (χ1) is 20.1. The van der Waals surface area contributed by atoms with E-state index >= 15 is 0 Å². The Hall–Kier alpha value is -3.71. The van der Waals surface area contributed by atoms with Crippen molar-refractivity contribution in [3.8, 4) is 12.1 Å². The Labute approximate surface area is 242 Å². The largest absolute Gasteiger partial charge is 0.462 e. The Morgan fingerprint density at radius 1 is 1.07 bits per heavy atom. The van der Waals surface area contributed by atoms with Crippen LogP contribution in [-0.2, 0) is 30.6 Å². The van der Waals surface area contributed by atoms with Crippen molar-refractivity contribution in [2.75, 3.05) is 56.2 Å². The molecule has 3 aliphatic heterocycles.